The van der Waals surface area contributed by atoms with E-state index >= 15 is 0 Å². The summed E-state index contributed by atoms with van der Waals surface area (Å²) in [6.45, 7) is 6.33. The number of carbonyl (C=O) groups excluding carboxylic acids is 1. The van der Waals surface area contributed by atoms with Crippen molar-refractivity contribution in [2.24, 2.45) is 0 Å². The van der Waals surface area contributed by atoms with Crippen LogP contribution in [0.4, 0.5) is 11.4 Å². The molecule has 2 N–H and O–H groups in total. The highest BCUT2D eigenvalue weighted by atomic mass is 35.5. The minimum absolute atomic E-state index is 0.149. The largest absolute Gasteiger partial charge is 0.492 e. The van der Waals surface area contributed by atoms with E-state index < -0.39 is 6.04 Å². The predicted molar refractivity (Wildman–Crippen MR) is 105 cm³/mol. The SMILES string of the molecule is CCOc1cc2c(cc1N[C@H](C)C(=O)Nc1ccc(Cl)cc1)O[C@H](C)C2. The Morgan fingerprint density at radius 3 is 2.77 bits per heavy atom. The molecule has 0 bridgehead atoms. The molecule has 0 saturated carbocycles. The highest BCUT2D eigenvalue weighted by Crippen LogP contribution is 2.38. The summed E-state index contributed by atoms with van der Waals surface area (Å²) in [6, 6.07) is 10.5. The van der Waals surface area contributed by atoms with Crippen LogP contribution in [0.1, 0.15) is 26.3 Å². The van der Waals surface area contributed by atoms with E-state index in [1.54, 1.807) is 31.2 Å². The molecule has 5 nitrogen and oxygen atoms in total. The molecule has 1 amide bonds. The number of carbonyl (C=O) groups is 1. The molecule has 2 aromatic rings. The van der Waals surface area contributed by atoms with Crippen LogP contribution in [0.25, 0.3) is 0 Å². The van der Waals surface area contributed by atoms with Gasteiger partial charge < -0.3 is 20.1 Å². The predicted octanol–water partition coefficient (Wildman–Crippen LogP) is 4.50. The molecule has 1 aliphatic rings. The lowest BCUT2D eigenvalue weighted by Crippen LogP contribution is -2.32. The summed E-state index contributed by atoms with van der Waals surface area (Å²) in [6.07, 6.45) is 1.02. The average molecular weight is 375 g/mol. The van der Waals surface area contributed by atoms with E-state index in [1.807, 2.05) is 26.0 Å². The van der Waals surface area contributed by atoms with Crippen molar-refractivity contribution in [1.82, 2.24) is 0 Å². The number of anilines is 2. The molecular formula is C20H23ClN2O3. The molecule has 2 aromatic carbocycles. The third-order valence-electron chi connectivity index (χ3n) is 4.18. The normalized spacial score (nSPS) is 16.4. The third-order valence-corrected chi connectivity index (χ3v) is 4.43. The van der Waals surface area contributed by atoms with Gasteiger partial charge in [0.1, 0.15) is 23.6 Å². The molecule has 1 aliphatic heterocycles. The minimum atomic E-state index is -0.457. The van der Waals surface area contributed by atoms with Crippen LogP contribution in [0, 0.1) is 0 Å². The molecule has 138 valence electrons. The lowest BCUT2D eigenvalue weighted by Gasteiger charge is -2.19. The van der Waals surface area contributed by atoms with Gasteiger partial charge in [-0.15, -0.1) is 0 Å². The second-order valence-electron chi connectivity index (χ2n) is 6.38. The summed E-state index contributed by atoms with van der Waals surface area (Å²) < 4.78 is 11.6. The van der Waals surface area contributed by atoms with Crippen molar-refractivity contribution in [3.05, 3.63) is 47.0 Å². The van der Waals surface area contributed by atoms with E-state index in [0.717, 1.165) is 29.2 Å². The highest BCUT2D eigenvalue weighted by Gasteiger charge is 2.23. The van der Waals surface area contributed by atoms with E-state index in [1.165, 1.54) is 0 Å². The number of amides is 1. The first-order valence-electron chi connectivity index (χ1n) is 8.75. The van der Waals surface area contributed by atoms with Crippen molar-refractivity contribution >= 4 is 28.9 Å². The Labute approximate surface area is 158 Å². The lowest BCUT2D eigenvalue weighted by molar-refractivity contribution is -0.116. The van der Waals surface area contributed by atoms with E-state index in [2.05, 4.69) is 10.6 Å². The molecule has 0 aliphatic carbocycles. The van der Waals surface area contributed by atoms with Gasteiger partial charge in [0.2, 0.25) is 5.91 Å². The van der Waals surface area contributed by atoms with Crippen LogP contribution >= 0.6 is 11.6 Å². The Hall–Kier alpha value is -2.40. The summed E-state index contributed by atoms with van der Waals surface area (Å²) in [4.78, 5) is 12.5. The van der Waals surface area contributed by atoms with Gasteiger partial charge in [-0.25, -0.2) is 0 Å². The van der Waals surface area contributed by atoms with E-state index in [-0.39, 0.29) is 12.0 Å². The first-order valence-corrected chi connectivity index (χ1v) is 9.13. The number of hydrogen-bond donors (Lipinski definition) is 2. The van der Waals surface area contributed by atoms with E-state index in [4.69, 9.17) is 21.1 Å². The van der Waals surface area contributed by atoms with Gasteiger partial charge in [-0.2, -0.15) is 0 Å². The monoisotopic (exact) mass is 374 g/mol. The highest BCUT2D eigenvalue weighted by molar-refractivity contribution is 6.30. The molecule has 2 atom stereocenters. The molecule has 0 saturated heterocycles. The first kappa shape index (κ1) is 18.4. The number of halogens is 1. The van der Waals surface area contributed by atoms with Crippen molar-refractivity contribution in [3.63, 3.8) is 0 Å². The van der Waals surface area contributed by atoms with Crippen molar-refractivity contribution in [1.29, 1.82) is 0 Å². The van der Waals surface area contributed by atoms with Crippen molar-refractivity contribution in [2.75, 3.05) is 17.2 Å². The van der Waals surface area contributed by atoms with Crippen molar-refractivity contribution < 1.29 is 14.3 Å². The summed E-state index contributed by atoms with van der Waals surface area (Å²) >= 11 is 5.87. The van der Waals surface area contributed by atoms with E-state index in [0.29, 0.717) is 17.3 Å². The molecular weight excluding hydrogens is 352 g/mol. The van der Waals surface area contributed by atoms with Gasteiger partial charge in [-0.05, 0) is 51.1 Å². The number of benzene rings is 2. The zero-order chi connectivity index (χ0) is 18.7. The number of fused-ring (bicyclic) bond motifs is 1. The van der Waals surface area contributed by atoms with Gasteiger partial charge in [-0.3, -0.25) is 4.79 Å². The zero-order valence-electron chi connectivity index (χ0n) is 15.1. The number of nitrogens with one attached hydrogen (secondary N) is 2. The fraction of sp³-hybridized carbons (Fsp3) is 0.350. The maximum Gasteiger partial charge on any atom is 0.246 e. The molecule has 0 radical (unpaired) electrons. The smallest absolute Gasteiger partial charge is 0.246 e. The molecule has 0 aromatic heterocycles. The van der Waals surface area contributed by atoms with Crippen LogP contribution in [0.3, 0.4) is 0 Å². The van der Waals surface area contributed by atoms with Gasteiger partial charge in [0.05, 0.1) is 12.3 Å². The summed E-state index contributed by atoms with van der Waals surface area (Å²) in [5.41, 5.74) is 2.58. The third kappa shape index (κ3) is 4.22. The fourth-order valence-corrected chi connectivity index (χ4v) is 3.04. The van der Waals surface area contributed by atoms with E-state index in [9.17, 15) is 4.79 Å². The maximum absolute atomic E-state index is 12.5. The molecule has 0 spiro atoms. The average Bonchev–Trinajstić information content (AvgIpc) is 2.96. The summed E-state index contributed by atoms with van der Waals surface area (Å²) in [5.74, 6) is 1.42. The molecule has 0 unspecified atom stereocenters. The Morgan fingerprint density at radius 2 is 2.08 bits per heavy atom. The van der Waals surface area contributed by atoms with Crippen molar-refractivity contribution in [2.45, 2.75) is 39.3 Å². The second-order valence-corrected chi connectivity index (χ2v) is 6.82. The zero-order valence-corrected chi connectivity index (χ0v) is 15.9. The van der Waals surface area contributed by atoms with Gasteiger partial charge in [0.15, 0.2) is 0 Å². The topological polar surface area (TPSA) is 59.6 Å². The number of rotatable bonds is 6. The quantitative estimate of drug-likeness (QED) is 0.781. The van der Waals surface area contributed by atoms with Gasteiger partial charge in [-0.1, -0.05) is 11.6 Å². The molecule has 6 heteroatoms. The summed E-state index contributed by atoms with van der Waals surface area (Å²) in [5, 5.41) is 6.72. The van der Waals surface area contributed by atoms with Gasteiger partial charge in [0, 0.05) is 28.8 Å². The summed E-state index contributed by atoms with van der Waals surface area (Å²) in [7, 11) is 0. The van der Waals surface area contributed by atoms with Crippen molar-refractivity contribution in [3.8, 4) is 11.5 Å². The second kappa shape index (κ2) is 7.87. The molecule has 1 heterocycles. The molecule has 3 rings (SSSR count). The fourth-order valence-electron chi connectivity index (χ4n) is 2.91. The Balaban J connectivity index is 1.73. The van der Waals surface area contributed by atoms with Crippen LogP contribution in [-0.4, -0.2) is 24.7 Å². The van der Waals surface area contributed by atoms with Crippen LogP contribution in [0.2, 0.25) is 5.02 Å². The van der Waals surface area contributed by atoms with Crippen LogP contribution < -0.4 is 20.1 Å². The lowest BCUT2D eigenvalue weighted by atomic mass is 10.1. The molecule has 26 heavy (non-hydrogen) atoms. The van der Waals surface area contributed by atoms with Gasteiger partial charge in [0.25, 0.3) is 0 Å². The Morgan fingerprint density at radius 1 is 1.35 bits per heavy atom. The maximum atomic E-state index is 12.5. The number of hydrogen-bond acceptors (Lipinski definition) is 4. The Kier molecular flexibility index (Phi) is 5.57. The first-order chi connectivity index (χ1) is 12.5. The minimum Gasteiger partial charge on any atom is -0.492 e. The Bertz CT molecular complexity index is 792. The van der Waals surface area contributed by atoms with Crippen LogP contribution in [0.5, 0.6) is 11.5 Å². The molecule has 0 fully saturated rings. The van der Waals surface area contributed by atoms with Gasteiger partial charge >= 0.3 is 0 Å². The number of ether oxygens (including phenoxy) is 2. The van der Waals surface area contributed by atoms with Crippen LogP contribution in [-0.2, 0) is 11.2 Å². The van der Waals surface area contributed by atoms with Crippen LogP contribution in [0.15, 0.2) is 36.4 Å². The standard InChI is InChI=1S/C20H23ClN2O3/c1-4-25-19-10-14-9-12(2)26-18(14)11-17(19)22-13(3)20(24)23-16-7-5-15(21)6-8-16/h5-8,10-13,22H,4,9H2,1-3H3,(H,23,24)/t12-,13-/m1/s1.